The standard InChI is InChI=1S/C27H25ClN8O2/c28-21-16-32-26-34-19-5-3-4-17(14-19)7-8-18-15-20(33-24(21)36-26)9-10-22(18)35-27(38)31-13-12-30-25(37)23-6-1-2-11-29-23/h1-6,9-11,14-16H,7-8,12-13H2,(H,30,37)(H2,31,35,38)(H2,32,33,34,36). The number of rotatable bonds is 5. The number of aromatic nitrogens is 3. The first-order valence-electron chi connectivity index (χ1n) is 12.1. The van der Waals surface area contributed by atoms with Gasteiger partial charge in [0.25, 0.3) is 5.91 Å². The molecule has 0 atom stereocenters. The summed E-state index contributed by atoms with van der Waals surface area (Å²) in [7, 11) is 0. The van der Waals surface area contributed by atoms with Crippen molar-refractivity contribution in [1.82, 2.24) is 25.6 Å². The van der Waals surface area contributed by atoms with Crippen LogP contribution >= 0.6 is 11.6 Å². The van der Waals surface area contributed by atoms with Gasteiger partial charge in [0.15, 0.2) is 5.82 Å². The average Bonchev–Trinajstić information content (AvgIpc) is 2.93. The molecule has 2 aromatic carbocycles. The molecule has 2 aromatic heterocycles. The van der Waals surface area contributed by atoms with E-state index < -0.39 is 0 Å². The molecule has 0 aliphatic carbocycles. The van der Waals surface area contributed by atoms with Crippen LogP contribution in [0.3, 0.4) is 0 Å². The molecule has 3 amide bonds. The Balaban J connectivity index is 1.27. The number of hydrogen-bond acceptors (Lipinski definition) is 7. The second kappa shape index (κ2) is 11.6. The molecule has 11 heteroatoms. The largest absolute Gasteiger partial charge is 0.349 e. The van der Waals surface area contributed by atoms with Crippen LogP contribution in [0, 0.1) is 0 Å². The summed E-state index contributed by atoms with van der Waals surface area (Å²) < 4.78 is 0. The number of pyridine rings is 1. The van der Waals surface area contributed by atoms with Crippen molar-refractivity contribution in [2.45, 2.75) is 12.8 Å². The number of halogens is 1. The maximum absolute atomic E-state index is 12.6. The minimum atomic E-state index is -0.369. The Morgan fingerprint density at radius 2 is 1.76 bits per heavy atom. The smallest absolute Gasteiger partial charge is 0.319 e. The topological polar surface area (TPSA) is 133 Å². The van der Waals surface area contributed by atoms with Gasteiger partial charge in [-0.05, 0) is 66.4 Å². The van der Waals surface area contributed by atoms with Crippen LogP contribution in [0.1, 0.15) is 21.6 Å². The normalized spacial score (nSPS) is 11.9. The molecule has 1 aliphatic heterocycles. The van der Waals surface area contributed by atoms with E-state index >= 15 is 0 Å². The number of anilines is 5. The first kappa shape index (κ1) is 25.0. The number of aryl methyl sites for hydroxylation is 2. The van der Waals surface area contributed by atoms with Gasteiger partial charge in [0.05, 0.1) is 6.20 Å². The number of hydrogen-bond donors (Lipinski definition) is 5. The number of carbonyl (C=O) groups is 2. The molecule has 0 saturated heterocycles. The second-order valence-corrected chi connectivity index (χ2v) is 8.97. The molecule has 0 radical (unpaired) electrons. The van der Waals surface area contributed by atoms with Crippen LogP contribution in [0.15, 0.2) is 73.1 Å². The fourth-order valence-corrected chi connectivity index (χ4v) is 4.11. The van der Waals surface area contributed by atoms with Gasteiger partial charge in [-0.2, -0.15) is 4.98 Å². The van der Waals surface area contributed by atoms with Gasteiger partial charge in [-0.25, -0.2) is 9.78 Å². The van der Waals surface area contributed by atoms with Gasteiger partial charge in [-0.1, -0.05) is 29.8 Å². The molecule has 192 valence electrons. The first-order chi connectivity index (χ1) is 18.5. The lowest BCUT2D eigenvalue weighted by atomic mass is 10.0. The minimum absolute atomic E-state index is 0.258. The molecule has 0 saturated carbocycles. The van der Waals surface area contributed by atoms with E-state index in [0.717, 1.165) is 28.9 Å². The Kier molecular flexibility index (Phi) is 7.60. The summed E-state index contributed by atoms with van der Waals surface area (Å²) in [6.45, 7) is 0.526. The van der Waals surface area contributed by atoms with Gasteiger partial charge in [-0.3, -0.25) is 9.78 Å². The zero-order valence-corrected chi connectivity index (χ0v) is 21.0. The molecule has 38 heavy (non-hydrogen) atoms. The lowest BCUT2D eigenvalue weighted by Crippen LogP contribution is -2.37. The third-order valence-corrected chi connectivity index (χ3v) is 6.10. The molecular weight excluding hydrogens is 504 g/mol. The van der Waals surface area contributed by atoms with Crippen LogP contribution in [0.4, 0.5) is 33.6 Å². The maximum Gasteiger partial charge on any atom is 0.319 e. The van der Waals surface area contributed by atoms with Crippen molar-refractivity contribution < 1.29 is 9.59 Å². The number of nitrogens with one attached hydrogen (secondary N) is 5. The van der Waals surface area contributed by atoms with E-state index in [1.54, 1.807) is 30.6 Å². The van der Waals surface area contributed by atoms with Gasteiger partial charge in [0.2, 0.25) is 5.95 Å². The minimum Gasteiger partial charge on any atom is -0.349 e. The fraction of sp³-hybridized carbons (Fsp3) is 0.148. The number of carbonyl (C=O) groups excluding carboxylic acids is 2. The number of urea groups is 1. The van der Waals surface area contributed by atoms with Gasteiger partial charge in [-0.15, -0.1) is 0 Å². The average molecular weight is 529 g/mol. The van der Waals surface area contributed by atoms with Gasteiger partial charge >= 0.3 is 6.03 Å². The van der Waals surface area contributed by atoms with Gasteiger partial charge < -0.3 is 26.6 Å². The monoisotopic (exact) mass is 528 g/mol. The number of nitrogens with zero attached hydrogens (tertiary/aromatic N) is 3. The molecule has 4 aromatic rings. The van der Waals surface area contributed by atoms with Crippen LogP contribution in [-0.2, 0) is 12.8 Å². The van der Waals surface area contributed by atoms with Crippen LogP contribution in [0.2, 0.25) is 5.02 Å². The molecule has 0 unspecified atom stereocenters. The predicted octanol–water partition coefficient (Wildman–Crippen LogP) is 4.66. The Morgan fingerprint density at radius 3 is 2.63 bits per heavy atom. The molecule has 3 heterocycles. The molecule has 5 N–H and O–H groups in total. The lowest BCUT2D eigenvalue weighted by Gasteiger charge is -2.15. The van der Waals surface area contributed by atoms with Crippen LogP contribution in [0.25, 0.3) is 0 Å². The highest BCUT2D eigenvalue weighted by molar-refractivity contribution is 6.32. The molecule has 1 aliphatic rings. The van der Waals surface area contributed by atoms with Gasteiger partial charge in [0, 0.05) is 36.3 Å². The number of amides is 3. The third kappa shape index (κ3) is 6.34. The molecule has 5 rings (SSSR count). The Bertz CT molecular complexity index is 1460. The quantitative estimate of drug-likeness (QED) is 0.238. The molecule has 0 spiro atoms. The molecular formula is C27H25ClN8O2. The zero-order chi connectivity index (χ0) is 26.3. The fourth-order valence-electron chi connectivity index (χ4n) is 3.97. The summed E-state index contributed by atoms with van der Waals surface area (Å²) in [5, 5.41) is 15.3. The predicted molar refractivity (Wildman–Crippen MR) is 147 cm³/mol. The summed E-state index contributed by atoms with van der Waals surface area (Å²) in [5.41, 5.74) is 4.73. The van der Waals surface area contributed by atoms with E-state index in [-0.39, 0.29) is 25.0 Å². The second-order valence-electron chi connectivity index (χ2n) is 8.56. The molecule has 6 bridgehead atoms. The SMILES string of the molecule is O=C(NCCNC(=O)c1ccccn1)Nc1ccc2cc1CCc1cccc(c1)Nc1ncc(Cl)c(n1)N2. The van der Waals surface area contributed by atoms with Gasteiger partial charge in [0.1, 0.15) is 10.7 Å². The third-order valence-electron chi connectivity index (χ3n) is 5.82. The Hall–Kier alpha value is -4.70. The van der Waals surface area contributed by atoms with E-state index in [4.69, 9.17) is 11.6 Å². The Labute approximate surface area is 224 Å². The van der Waals surface area contributed by atoms with E-state index in [1.807, 2.05) is 36.4 Å². The van der Waals surface area contributed by atoms with Crippen molar-refractivity contribution in [3.8, 4) is 0 Å². The number of benzene rings is 2. The summed E-state index contributed by atoms with van der Waals surface area (Å²) in [6, 6.07) is 18.4. The van der Waals surface area contributed by atoms with Crippen molar-refractivity contribution in [1.29, 1.82) is 0 Å². The maximum atomic E-state index is 12.6. The highest BCUT2D eigenvalue weighted by Gasteiger charge is 2.13. The van der Waals surface area contributed by atoms with Crippen molar-refractivity contribution in [2.75, 3.05) is 29.0 Å². The van der Waals surface area contributed by atoms with E-state index in [9.17, 15) is 9.59 Å². The van der Waals surface area contributed by atoms with Crippen LogP contribution < -0.4 is 26.6 Å². The van der Waals surface area contributed by atoms with Crippen molar-refractivity contribution in [3.05, 3.63) is 94.9 Å². The highest BCUT2D eigenvalue weighted by Crippen LogP contribution is 2.29. The molecule has 10 nitrogen and oxygen atoms in total. The van der Waals surface area contributed by atoms with E-state index in [0.29, 0.717) is 34.6 Å². The Morgan fingerprint density at radius 1 is 0.895 bits per heavy atom. The van der Waals surface area contributed by atoms with E-state index in [1.165, 1.54) is 0 Å². The summed E-state index contributed by atoms with van der Waals surface area (Å²) >= 11 is 6.34. The first-order valence-corrected chi connectivity index (χ1v) is 12.4. The highest BCUT2D eigenvalue weighted by atomic mass is 35.5. The van der Waals surface area contributed by atoms with Crippen molar-refractivity contribution in [2.24, 2.45) is 0 Å². The van der Waals surface area contributed by atoms with Crippen molar-refractivity contribution in [3.63, 3.8) is 0 Å². The molecule has 0 fully saturated rings. The summed E-state index contributed by atoms with van der Waals surface area (Å²) in [4.78, 5) is 37.5. The van der Waals surface area contributed by atoms with E-state index in [2.05, 4.69) is 47.6 Å². The van der Waals surface area contributed by atoms with Crippen molar-refractivity contribution >= 4 is 52.4 Å². The number of fused-ring (bicyclic) bond motifs is 6. The van der Waals surface area contributed by atoms with Crippen LogP contribution in [-0.4, -0.2) is 40.0 Å². The lowest BCUT2D eigenvalue weighted by molar-refractivity contribution is 0.0949. The summed E-state index contributed by atoms with van der Waals surface area (Å²) in [5.74, 6) is 0.605. The zero-order valence-electron chi connectivity index (χ0n) is 20.3. The summed E-state index contributed by atoms with van der Waals surface area (Å²) in [6.07, 6.45) is 4.54. The van der Waals surface area contributed by atoms with Crippen LogP contribution in [0.5, 0.6) is 0 Å².